The Labute approximate surface area is 174 Å². The van der Waals surface area contributed by atoms with Gasteiger partial charge < -0.3 is 16.2 Å². The molecule has 0 aliphatic heterocycles. The number of aromatic nitrogens is 2. The summed E-state index contributed by atoms with van der Waals surface area (Å²) in [6.07, 6.45) is 0. The summed E-state index contributed by atoms with van der Waals surface area (Å²) in [4.78, 5) is 8.19. The summed E-state index contributed by atoms with van der Waals surface area (Å²) < 4.78 is 5.96. The van der Waals surface area contributed by atoms with Crippen molar-refractivity contribution in [3.8, 4) is 34.2 Å². The predicted octanol–water partition coefficient (Wildman–Crippen LogP) is 4.43. The number of hydrogen-bond donors (Lipinski definition) is 2. The minimum absolute atomic E-state index is 0.0243. The fourth-order valence-electron chi connectivity index (χ4n) is 3.24. The van der Waals surface area contributed by atoms with Crippen molar-refractivity contribution >= 4 is 11.8 Å². The highest BCUT2D eigenvalue weighted by molar-refractivity contribution is 5.86. The molecular formula is C24H19N5O. The highest BCUT2D eigenvalue weighted by atomic mass is 16.5. The lowest BCUT2D eigenvalue weighted by molar-refractivity contribution is 0.306. The Bertz CT molecular complexity index is 1230. The van der Waals surface area contributed by atoms with Gasteiger partial charge in [-0.2, -0.15) is 10.2 Å². The molecule has 4 aromatic rings. The van der Waals surface area contributed by atoms with Gasteiger partial charge in [0.2, 0.25) is 5.95 Å². The summed E-state index contributed by atoms with van der Waals surface area (Å²) in [5, 5.41) is 9.56. The average molecular weight is 393 g/mol. The van der Waals surface area contributed by atoms with E-state index in [1.807, 2.05) is 78.9 Å². The van der Waals surface area contributed by atoms with E-state index in [2.05, 4.69) is 16.0 Å². The van der Waals surface area contributed by atoms with Gasteiger partial charge in [-0.3, -0.25) is 0 Å². The fourth-order valence-corrected chi connectivity index (χ4v) is 3.24. The molecule has 4 N–H and O–H groups in total. The largest absolute Gasteiger partial charge is 0.489 e. The van der Waals surface area contributed by atoms with Gasteiger partial charge in [0.15, 0.2) is 0 Å². The zero-order chi connectivity index (χ0) is 20.9. The van der Waals surface area contributed by atoms with Gasteiger partial charge >= 0.3 is 0 Å². The van der Waals surface area contributed by atoms with E-state index in [1.165, 1.54) is 0 Å². The first-order valence-electron chi connectivity index (χ1n) is 9.35. The van der Waals surface area contributed by atoms with Crippen LogP contribution in [0.5, 0.6) is 5.75 Å². The van der Waals surface area contributed by atoms with Gasteiger partial charge in [-0.25, -0.2) is 4.98 Å². The van der Waals surface area contributed by atoms with Gasteiger partial charge in [0.05, 0.1) is 5.69 Å². The Hall–Kier alpha value is -4.37. The Kier molecular flexibility index (Phi) is 5.27. The van der Waals surface area contributed by atoms with Crippen molar-refractivity contribution in [2.24, 2.45) is 0 Å². The number of benzene rings is 3. The second kappa shape index (κ2) is 8.33. The first-order valence-corrected chi connectivity index (χ1v) is 9.35. The molecule has 6 nitrogen and oxygen atoms in total. The van der Waals surface area contributed by atoms with E-state index in [4.69, 9.17) is 16.2 Å². The summed E-state index contributed by atoms with van der Waals surface area (Å²) in [6.45, 7) is 0.476. The normalized spacial score (nSPS) is 10.4. The average Bonchev–Trinajstić information content (AvgIpc) is 2.78. The minimum atomic E-state index is 0.0243. The van der Waals surface area contributed by atoms with E-state index < -0.39 is 0 Å². The Morgan fingerprint density at radius 3 is 2.33 bits per heavy atom. The zero-order valence-electron chi connectivity index (χ0n) is 16.1. The molecule has 1 aromatic heterocycles. The van der Waals surface area contributed by atoms with E-state index >= 15 is 0 Å². The van der Waals surface area contributed by atoms with Crippen LogP contribution in [0.3, 0.4) is 0 Å². The molecular weight excluding hydrogens is 374 g/mol. The third-order valence-corrected chi connectivity index (χ3v) is 4.64. The molecule has 0 amide bonds. The van der Waals surface area contributed by atoms with Gasteiger partial charge in [-0.15, -0.1) is 0 Å². The fraction of sp³-hybridized carbons (Fsp3) is 0.0417. The van der Waals surface area contributed by atoms with Crippen LogP contribution < -0.4 is 16.2 Å². The lowest BCUT2D eigenvalue weighted by Gasteiger charge is -2.13. The standard InChI is InChI=1S/C24H19N5O/c25-14-21-22(28-24(27)29-23(21)26)20-12-5-4-11-19(20)17-9-6-10-18(13-17)30-15-16-7-2-1-3-8-16/h1-13H,15H2,(H4,26,27,28,29). The van der Waals surface area contributed by atoms with Crippen LogP contribution in [-0.2, 0) is 6.61 Å². The third-order valence-electron chi connectivity index (χ3n) is 4.64. The molecule has 30 heavy (non-hydrogen) atoms. The SMILES string of the molecule is N#Cc1c(N)nc(N)nc1-c1ccccc1-c1cccc(OCc2ccccc2)c1. The second-order valence-electron chi connectivity index (χ2n) is 6.65. The smallest absolute Gasteiger partial charge is 0.222 e. The number of nitriles is 1. The van der Waals surface area contributed by atoms with Gasteiger partial charge in [0.25, 0.3) is 0 Å². The number of nitrogens with two attached hydrogens (primary N) is 2. The molecule has 3 aromatic carbocycles. The van der Waals surface area contributed by atoms with Crippen LogP contribution in [0, 0.1) is 11.3 Å². The van der Waals surface area contributed by atoms with Crippen LogP contribution in [0.25, 0.3) is 22.4 Å². The van der Waals surface area contributed by atoms with E-state index in [9.17, 15) is 5.26 Å². The maximum Gasteiger partial charge on any atom is 0.222 e. The topological polar surface area (TPSA) is 111 Å². The molecule has 0 spiro atoms. The molecule has 0 saturated carbocycles. The highest BCUT2D eigenvalue weighted by Crippen LogP contribution is 2.35. The van der Waals surface area contributed by atoms with E-state index in [1.54, 1.807) is 0 Å². The van der Waals surface area contributed by atoms with Crippen molar-refractivity contribution in [1.82, 2.24) is 9.97 Å². The second-order valence-corrected chi connectivity index (χ2v) is 6.65. The zero-order valence-corrected chi connectivity index (χ0v) is 16.1. The Balaban J connectivity index is 1.73. The van der Waals surface area contributed by atoms with Crippen molar-refractivity contribution < 1.29 is 4.74 Å². The van der Waals surface area contributed by atoms with Crippen LogP contribution in [0.4, 0.5) is 11.8 Å². The van der Waals surface area contributed by atoms with Gasteiger partial charge in [-0.1, -0.05) is 66.7 Å². The molecule has 0 saturated heterocycles. The molecule has 0 aliphatic carbocycles. The van der Waals surface area contributed by atoms with E-state index in [0.29, 0.717) is 12.3 Å². The number of rotatable bonds is 5. The van der Waals surface area contributed by atoms with Crippen LogP contribution in [0.2, 0.25) is 0 Å². The number of nitrogens with zero attached hydrogens (tertiary/aromatic N) is 3. The van der Waals surface area contributed by atoms with Gasteiger partial charge in [-0.05, 0) is 28.8 Å². The maximum atomic E-state index is 9.56. The molecule has 0 atom stereocenters. The molecule has 146 valence electrons. The summed E-state index contributed by atoms with van der Waals surface area (Å²) in [5.41, 5.74) is 16.0. The molecule has 4 rings (SSSR count). The van der Waals surface area contributed by atoms with Gasteiger partial charge in [0, 0.05) is 5.56 Å². The van der Waals surface area contributed by atoms with E-state index in [0.717, 1.165) is 28.0 Å². The number of nitrogen functional groups attached to an aromatic ring is 2. The van der Waals surface area contributed by atoms with Crippen molar-refractivity contribution in [2.45, 2.75) is 6.61 Å². The summed E-state index contributed by atoms with van der Waals surface area (Å²) >= 11 is 0. The Morgan fingerprint density at radius 2 is 1.57 bits per heavy atom. The minimum Gasteiger partial charge on any atom is -0.489 e. The molecule has 0 bridgehead atoms. The quantitative estimate of drug-likeness (QED) is 0.519. The van der Waals surface area contributed by atoms with Crippen molar-refractivity contribution in [1.29, 1.82) is 5.26 Å². The van der Waals surface area contributed by atoms with E-state index in [-0.39, 0.29) is 17.3 Å². The highest BCUT2D eigenvalue weighted by Gasteiger charge is 2.17. The monoisotopic (exact) mass is 393 g/mol. The van der Waals surface area contributed by atoms with Crippen LogP contribution >= 0.6 is 0 Å². The molecule has 0 fully saturated rings. The lowest BCUT2D eigenvalue weighted by Crippen LogP contribution is -2.05. The third kappa shape index (κ3) is 3.91. The predicted molar refractivity (Wildman–Crippen MR) is 117 cm³/mol. The van der Waals surface area contributed by atoms with Gasteiger partial charge in [0.1, 0.15) is 29.8 Å². The molecule has 1 heterocycles. The molecule has 6 heteroatoms. The van der Waals surface area contributed by atoms with Crippen LogP contribution in [-0.4, -0.2) is 9.97 Å². The Morgan fingerprint density at radius 1 is 0.833 bits per heavy atom. The van der Waals surface area contributed by atoms with Crippen molar-refractivity contribution in [3.05, 3.63) is 90.0 Å². The number of ether oxygens (including phenoxy) is 1. The van der Waals surface area contributed by atoms with Crippen LogP contribution in [0.15, 0.2) is 78.9 Å². The summed E-state index contributed by atoms with van der Waals surface area (Å²) in [5.74, 6) is 0.833. The molecule has 0 unspecified atom stereocenters. The van der Waals surface area contributed by atoms with Crippen LogP contribution in [0.1, 0.15) is 11.1 Å². The summed E-state index contributed by atoms with van der Waals surface area (Å²) in [6, 6.07) is 27.5. The van der Waals surface area contributed by atoms with Crippen molar-refractivity contribution in [2.75, 3.05) is 11.5 Å². The summed E-state index contributed by atoms with van der Waals surface area (Å²) in [7, 11) is 0. The molecule has 0 aliphatic rings. The first kappa shape index (κ1) is 19.0. The number of hydrogen-bond acceptors (Lipinski definition) is 6. The first-order chi connectivity index (χ1) is 14.7. The maximum absolute atomic E-state index is 9.56. The molecule has 0 radical (unpaired) electrons. The van der Waals surface area contributed by atoms with Crippen molar-refractivity contribution in [3.63, 3.8) is 0 Å². The lowest BCUT2D eigenvalue weighted by atomic mass is 9.95. The number of anilines is 2.